The minimum absolute atomic E-state index is 0.183. The average Bonchev–Trinajstić information content (AvgIpc) is 2.29. The molecule has 19 heavy (non-hydrogen) atoms. The van der Waals surface area contributed by atoms with Crippen LogP contribution in [0, 0.1) is 10.8 Å². The molecule has 0 bridgehead atoms. The summed E-state index contributed by atoms with van der Waals surface area (Å²) >= 11 is 0. The monoisotopic (exact) mass is 271 g/mol. The van der Waals surface area contributed by atoms with E-state index in [2.05, 4.69) is 46.9 Å². The summed E-state index contributed by atoms with van der Waals surface area (Å²) in [4.78, 5) is 0. The van der Waals surface area contributed by atoms with Crippen molar-refractivity contribution in [2.24, 2.45) is 10.8 Å². The van der Waals surface area contributed by atoms with Crippen LogP contribution in [-0.4, -0.2) is 36.5 Å². The van der Waals surface area contributed by atoms with Crippen LogP contribution in [0.3, 0.4) is 0 Å². The van der Waals surface area contributed by atoms with Gasteiger partial charge in [-0.25, -0.2) is 0 Å². The summed E-state index contributed by atoms with van der Waals surface area (Å²) in [6, 6.07) is 0.476. The van der Waals surface area contributed by atoms with Gasteiger partial charge in [-0.15, -0.1) is 0 Å². The van der Waals surface area contributed by atoms with Gasteiger partial charge in [-0.3, -0.25) is 0 Å². The number of aliphatic hydroxyl groups is 1. The van der Waals surface area contributed by atoms with Gasteiger partial charge in [0.15, 0.2) is 0 Å². The van der Waals surface area contributed by atoms with E-state index in [1.54, 1.807) is 0 Å². The van der Waals surface area contributed by atoms with E-state index >= 15 is 0 Å². The molecule has 3 nitrogen and oxygen atoms in total. The molecule has 3 heteroatoms. The first-order valence-corrected chi connectivity index (χ1v) is 7.76. The Kier molecular flexibility index (Phi) is 5.84. The average molecular weight is 271 g/mol. The highest BCUT2D eigenvalue weighted by Crippen LogP contribution is 2.45. The van der Waals surface area contributed by atoms with Gasteiger partial charge in [-0.05, 0) is 31.6 Å². The van der Waals surface area contributed by atoms with Crippen LogP contribution in [0.1, 0.15) is 60.8 Å². The third-order valence-corrected chi connectivity index (χ3v) is 4.56. The highest BCUT2D eigenvalue weighted by Gasteiger charge is 2.50. The SMILES string of the molecule is CCOC1CC(NCC(O)CC(C)(C)C)C1(C)CC. The maximum Gasteiger partial charge on any atom is 0.0669 e. The fourth-order valence-corrected chi connectivity index (χ4v) is 3.12. The third kappa shape index (κ3) is 4.44. The zero-order valence-corrected chi connectivity index (χ0v) is 13.6. The summed E-state index contributed by atoms with van der Waals surface area (Å²) in [5, 5.41) is 13.6. The second-order valence-corrected chi connectivity index (χ2v) is 7.42. The Bertz CT molecular complexity index is 274. The summed E-state index contributed by atoms with van der Waals surface area (Å²) in [5.74, 6) is 0. The van der Waals surface area contributed by atoms with Crippen LogP contribution in [0.2, 0.25) is 0 Å². The highest BCUT2D eigenvalue weighted by molar-refractivity contribution is 5.04. The van der Waals surface area contributed by atoms with Gasteiger partial charge >= 0.3 is 0 Å². The van der Waals surface area contributed by atoms with Crippen molar-refractivity contribution in [2.45, 2.75) is 79.1 Å². The molecule has 0 aliphatic heterocycles. The molecular weight excluding hydrogens is 238 g/mol. The van der Waals surface area contributed by atoms with E-state index in [0.717, 1.165) is 25.9 Å². The number of hydrogen-bond acceptors (Lipinski definition) is 3. The minimum atomic E-state index is -0.257. The fourth-order valence-electron chi connectivity index (χ4n) is 3.12. The Hall–Kier alpha value is -0.120. The van der Waals surface area contributed by atoms with Crippen LogP contribution in [0.25, 0.3) is 0 Å². The maximum atomic E-state index is 10.1. The van der Waals surface area contributed by atoms with E-state index in [4.69, 9.17) is 4.74 Å². The molecule has 0 amide bonds. The Morgan fingerprint density at radius 1 is 1.37 bits per heavy atom. The lowest BCUT2D eigenvalue weighted by Gasteiger charge is -2.54. The molecule has 2 N–H and O–H groups in total. The van der Waals surface area contributed by atoms with Crippen molar-refractivity contribution < 1.29 is 9.84 Å². The summed E-state index contributed by atoms with van der Waals surface area (Å²) in [5.41, 5.74) is 0.403. The van der Waals surface area contributed by atoms with E-state index in [1.165, 1.54) is 0 Å². The quantitative estimate of drug-likeness (QED) is 0.748. The molecule has 0 radical (unpaired) electrons. The molecule has 0 aromatic carbocycles. The smallest absolute Gasteiger partial charge is 0.0669 e. The predicted molar refractivity (Wildman–Crippen MR) is 80.3 cm³/mol. The van der Waals surface area contributed by atoms with Crippen molar-refractivity contribution in [3.05, 3.63) is 0 Å². The van der Waals surface area contributed by atoms with Crippen LogP contribution < -0.4 is 5.32 Å². The molecule has 1 aliphatic rings. The number of nitrogens with one attached hydrogen (secondary N) is 1. The number of ether oxygens (including phenoxy) is 1. The van der Waals surface area contributed by atoms with Crippen LogP contribution in [0.15, 0.2) is 0 Å². The molecule has 114 valence electrons. The normalized spacial score (nSPS) is 33.0. The topological polar surface area (TPSA) is 41.5 Å². The van der Waals surface area contributed by atoms with Crippen molar-refractivity contribution in [1.29, 1.82) is 0 Å². The van der Waals surface area contributed by atoms with Crippen LogP contribution >= 0.6 is 0 Å². The fraction of sp³-hybridized carbons (Fsp3) is 1.00. The first kappa shape index (κ1) is 16.9. The second kappa shape index (κ2) is 6.55. The van der Waals surface area contributed by atoms with Crippen LogP contribution in [0.5, 0.6) is 0 Å². The molecule has 0 saturated heterocycles. The van der Waals surface area contributed by atoms with Crippen molar-refractivity contribution >= 4 is 0 Å². The van der Waals surface area contributed by atoms with Gasteiger partial charge in [0.1, 0.15) is 0 Å². The number of aliphatic hydroxyl groups excluding tert-OH is 1. The lowest BCUT2D eigenvalue weighted by Crippen LogP contribution is -2.63. The van der Waals surface area contributed by atoms with Gasteiger partial charge in [0, 0.05) is 24.6 Å². The summed E-state index contributed by atoms with van der Waals surface area (Å²) in [6.45, 7) is 14.6. The lowest BCUT2D eigenvalue weighted by atomic mass is 9.61. The number of rotatable bonds is 7. The highest BCUT2D eigenvalue weighted by atomic mass is 16.5. The van der Waals surface area contributed by atoms with Crippen LogP contribution in [-0.2, 0) is 4.74 Å². The zero-order chi connectivity index (χ0) is 14.7. The van der Waals surface area contributed by atoms with E-state index in [0.29, 0.717) is 18.7 Å². The van der Waals surface area contributed by atoms with Gasteiger partial charge in [0.2, 0.25) is 0 Å². The number of hydrogen-bond donors (Lipinski definition) is 2. The Morgan fingerprint density at radius 3 is 2.47 bits per heavy atom. The molecule has 0 spiro atoms. The van der Waals surface area contributed by atoms with Gasteiger partial charge in [-0.1, -0.05) is 34.6 Å². The summed E-state index contributed by atoms with van der Waals surface area (Å²) in [6.07, 6.45) is 3.14. The first-order valence-electron chi connectivity index (χ1n) is 7.76. The molecule has 0 aromatic heterocycles. The molecule has 1 fully saturated rings. The van der Waals surface area contributed by atoms with Gasteiger partial charge in [0.05, 0.1) is 12.2 Å². The van der Waals surface area contributed by atoms with Gasteiger partial charge in [0.25, 0.3) is 0 Å². The van der Waals surface area contributed by atoms with Crippen molar-refractivity contribution in [3.8, 4) is 0 Å². The van der Waals surface area contributed by atoms with E-state index < -0.39 is 0 Å². The molecule has 0 aromatic rings. The van der Waals surface area contributed by atoms with E-state index in [1.807, 2.05) is 0 Å². The Labute approximate surface area is 119 Å². The predicted octanol–water partition coefficient (Wildman–Crippen LogP) is 2.97. The van der Waals surface area contributed by atoms with Gasteiger partial charge < -0.3 is 15.2 Å². The third-order valence-electron chi connectivity index (χ3n) is 4.56. The molecular formula is C16H33NO2. The minimum Gasteiger partial charge on any atom is -0.392 e. The van der Waals surface area contributed by atoms with Crippen LogP contribution in [0.4, 0.5) is 0 Å². The zero-order valence-electron chi connectivity index (χ0n) is 13.6. The molecule has 1 aliphatic carbocycles. The van der Waals surface area contributed by atoms with Crippen molar-refractivity contribution in [1.82, 2.24) is 5.32 Å². The van der Waals surface area contributed by atoms with Crippen molar-refractivity contribution in [3.63, 3.8) is 0 Å². The molecule has 0 heterocycles. The molecule has 4 unspecified atom stereocenters. The summed E-state index contributed by atoms with van der Waals surface area (Å²) in [7, 11) is 0. The Morgan fingerprint density at radius 2 is 2.00 bits per heavy atom. The van der Waals surface area contributed by atoms with E-state index in [-0.39, 0.29) is 16.9 Å². The first-order chi connectivity index (χ1) is 8.73. The second-order valence-electron chi connectivity index (χ2n) is 7.42. The largest absolute Gasteiger partial charge is 0.392 e. The lowest BCUT2D eigenvalue weighted by molar-refractivity contribution is -0.127. The molecule has 1 saturated carbocycles. The van der Waals surface area contributed by atoms with Crippen molar-refractivity contribution in [2.75, 3.05) is 13.2 Å². The molecule has 1 rings (SSSR count). The standard InChI is InChI=1S/C16H33NO2/c1-7-16(6)13(9-14(16)19-8-2)17-11-12(18)10-15(3,4)5/h12-14,17-18H,7-11H2,1-6H3. The molecule has 4 atom stereocenters. The summed E-state index contributed by atoms with van der Waals surface area (Å²) < 4.78 is 5.80. The maximum absolute atomic E-state index is 10.1. The van der Waals surface area contributed by atoms with E-state index in [9.17, 15) is 5.11 Å². The Balaban J connectivity index is 2.38. The van der Waals surface area contributed by atoms with Gasteiger partial charge in [-0.2, -0.15) is 0 Å².